The summed E-state index contributed by atoms with van der Waals surface area (Å²) in [6, 6.07) is 8.80. The van der Waals surface area contributed by atoms with Gasteiger partial charge in [0.05, 0.1) is 25.1 Å². The monoisotopic (exact) mass is 553 g/mol. The molecular weight excluding hydrogens is 529 g/mol. The smallest absolute Gasteiger partial charge is 0.341 e. The summed E-state index contributed by atoms with van der Waals surface area (Å²) < 4.78 is 10.6. The quantitative estimate of drug-likeness (QED) is 0.200. The highest BCUT2D eigenvalue weighted by Crippen LogP contribution is 2.26. The van der Waals surface area contributed by atoms with Crippen molar-refractivity contribution >= 4 is 58.8 Å². The normalized spacial score (nSPS) is 12.0. The number of aliphatic hydroxyl groups is 1. The lowest BCUT2D eigenvalue weighted by atomic mass is 10.1. The molecule has 29 heavy (non-hydrogen) atoms. The Morgan fingerprint density at radius 2 is 2.03 bits per heavy atom. The van der Waals surface area contributed by atoms with Gasteiger partial charge in [0.2, 0.25) is 0 Å². The molecule has 0 aliphatic rings. The van der Waals surface area contributed by atoms with Crippen molar-refractivity contribution in [3.8, 4) is 5.75 Å². The van der Waals surface area contributed by atoms with Crippen LogP contribution in [0.4, 0.5) is 0 Å². The number of carbonyl (C=O) groups is 1. The lowest BCUT2D eigenvalue weighted by Crippen LogP contribution is -2.39. The van der Waals surface area contributed by atoms with Gasteiger partial charge < -0.3 is 25.2 Å². The van der Waals surface area contributed by atoms with Crippen molar-refractivity contribution < 1.29 is 19.4 Å². The van der Waals surface area contributed by atoms with Crippen molar-refractivity contribution in [3.05, 3.63) is 50.7 Å². The first-order chi connectivity index (χ1) is 13.5. The Kier molecular flexibility index (Phi) is 11.3. The van der Waals surface area contributed by atoms with Crippen LogP contribution in [-0.2, 0) is 11.3 Å². The molecule has 0 fully saturated rings. The van der Waals surface area contributed by atoms with Crippen molar-refractivity contribution in [3.63, 3.8) is 0 Å². The van der Waals surface area contributed by atoms with Crippen LogP contribution in [-0.4, -0.2) is 44.3 Å². The minimum atomic E-state index is -0.687. The van der Waals surface area contributed by atoms with E-state index in [0.29, 0.717) is 41.2 Å². The number of carbonyl (C=O) groups excluding carboxylic acids is 1. The SMILES string of the molecule is CCNC(=NCc1ccc(OC)c(C(=O)OC)c1)NCC(O)c1ccc(Cl)s1.I. The van der Waals surface area contributed by atoms with E-state index in [4.69, 9.17) is 21.1 Å². The molecular formula is C19H25ClIN3O4S. The van der Waals surface area contributed by atoms with Gasteiger partial charge in [0.25, 0.3) is 0 Å². The van der Waals surface area contributed by atoms with E-state index in [1.54, 1.807) is 24.3 Å². The van der Waals surface area contributed by atoms with Crippen LogP contribution in [0.5, 0.6) is 5.75 Å². The Balaban J connectivity index is 0.00000420. The molecule has 2 rings (SSSR count). The van der Waals surface area contributed by atoms with Gasteiger partial charge in [0, 0.05) is 18.0 Å². The minimum absolute atomic E-state index is 0. The first kappa shape index (κ1) is 25.5. The number of thiophene rings is 1. The molecule has 160 valence electrons. The number of ether oxygens (including phenoxy) is 2. The van der Waals surface area contributed by atoms with E-state index in [1.807, 2.05) is 13.0 Å². The number of rotatable bonds is 8. The molecule has 1 atom stereocenters. The molecule has 7 nitrogen and oxygen atoms in total. The average molecular weight is 554 g/mol. The van der Waals surface area contributed by atoms with Crippen molar-refractivity contribution in [2.45, 2.75) is 19.6 Å². The first-order valence-electron chi connectivity index (χ1n) is 8.69. The number of nitrogens with one attached hydrogen (secondary N) is 2. The summed E-state index contributed by atoms with van der Waals surface area (Å²) in [5, 5.41) is 16.5. The molecule has 0 spiro atoms. The zero-order valence-electron chi connectivity index (χ0n) is 16.4. The highest BCUT2D eigenvalue weighted by molar-refractivity contribution is 14.0. The fourth-order valence-corrected chi connectivity index (χ4v) is 3.48. The number of guanidine groups is 1. The number of esters is 1. The molecule has 2 aromatic rings. The second kappa shape index (κ2) is 12.9. The van der Waals surface area contributed by atoms with Crippen LogP contribution < -0.4 is 15.4 Å². The molecule has 0 saturated heterocycles. The van der Waals surface area contributed by atoms with Gasteiger partial charge in [-0.3, -0.25) is 0 Å². The zero-order chi connectivity index (χ0) is 20.5. The predicted molar refractivity (Wildman–Crippen MR) is 127 cm³/mol. The minimum Gasteiger partial charge on any atom is -0.496 e. The topological polar surface area (TPSA) is 92.2 Å². The van der Waals surface area contributed by atoms with Crippen LogP contribution in [0, 0.1) is 0 Å². The standard InChI is InChI=1S/C19H24ClN3O4S.HI/c1-4-21-19(23-11-14(24)16-7-8-17(20)28-16)22-10-12-5-6-15(26-2)13(9-12)18(25)27-3;/h5-9,14,24H,4,10-11H2,1-3H3,(H2,21,22,23);1H. The Hall–Kier alpha value is -1.56. The third-order valence-corrected chi connectivity index (χ3v) is 5.15. The molecule has 0 radical (unpaired) electrons. The number of methoxy groups -OCH3 is 2. The molecule has 0 aliphatic heterocycles. The van der Waals surface area contributed by atoms with Crippen molar-refractivity contribution in [1.29, 1.82) is 0 Å². The van der Waals surface area contributed by atoms with Crippen LogP contribution >= 0.6 is 46.9 Å². The fourth-order valence-electron chi connectivity index (χ4n) is 2.44. The number of hydrogen-bond acceptors (Lipinski definition) is 6. The van der Waals surface area contributed by atoms with E-state index in [0.717, 1.165) is 10.4 Å². The zero-order valence-corrected chi connectivity index (χ0v) is 20.3. The van der Waals surface area contributed by atoms with Gasteiger partial charge in [-0.15, -0.1) is 35.3 Å². The summed E-state index contributed by atoms with van der Waals surface area (Å²) >= 11 is 7.25. The maximum absolute atomic E-state index is 11.9. The van der Waals surface area contributed by atoms with Crippen molar-refractivity contribution in [1.82, 2.24) is 10.6 Å². The van der Waals surface area contributed by atoms with Crippen LogP contribution in [0.1, 0.15) is 33.8 Å². The second-order valence-electron chi connectivity index (χ2n) is 5.76. The lowest BCUT2D eigenvalue weighted by molar-refractivity contribution is 0.0597. The molecule has 1 heterocycles. The molecule has 3 N–H and O–H groups in total. The second-order valence-corrected chi connectivity index (χ2v) is 7.51. The number of halogens is 2. The molecule has 0 saturated carbocycles. The first-order valence-corrected chi connectivity index (χ1v) is 9.88. The molecule has 1 aromatic heterocycles. The largest absolute Gasteiger partial charge is 0.496 e. The van der Waals surface area contributed by atoms with E-state index in [2.05, 4.69) is 15.6 Å². The van der Waals surface area contributed by atoms with Gasteiger partial charge in [-0.2, -0.15) is 0 Å². The van der Waals surface area contributed by atoms with Crippen LogP contribution in [0.25, 0.3) is 0 Å². The van der Waals surface area contributed by atoms with E-state index >= 15 is 0 Å². The third-order valence-electron chi connectivity index (χ3n) is 3.82. The summed E-state index contributed by atoms with van der Waals surface area (Å²) in [5.74, 6) is 0.535. The maximum Gasteiger partial charge on any atom is 0.341 e. The average Bonchev–Trinajstić information content (AvgIpc) is 3.15. The molecule has 0 amide bonds. The van der Waals surface area contributed by atoms with E-state index in [-0.39, 0.29) is 24.0 Å². The predicted octanol–water partition coefficient (Wildman–Crippen LogP) is 3.60. The summed E-state index contributed by atoms with van der Waals surface area (Å²) in [6.45, 7) is 3.25. The van der Waals surface area contributed by atoms with Gasteiger partial charge in [0.15, 0.2) is 5.96 Å². The van der Waals surface area contributed by atoms with Gasteiger partial charge in [0.1, 0.15) is 17.4 Å². The van der Waals surface area contributed by atoms with Crippen LogP contribution in [0.3, 0.4) is 0 Å². The summed E-state index contributed by atoms with van der Waals surface area (Å²) in [7, 11) is 2.82. The maximum atomic E-state index is 11.9. The molecule has 10 heteroatoms. The molecule has 1 aromatic carbocycles. The Labute approximate surface area is 196 Å². The summed E-state index contributed by atoms with van der Waals surface area (Å²) in [6.07, 6.45) is -0.687. The highest BCUT2D eigenvalue weighted by atomic mass is 127. The van der Waals surface area contributed by atoms with Gasteiger partial charge in [-0.25, -0.2) is 9.79 Å². The fraction of sp³-hybridized carbons (Fsp3) is 0.368. The highest BCUT2D eigenvalue weighted by Gasteiger charge is 2.14. The van der Waals surface area contributed by atoms with Crippen molar-refractivity contribution in [2.75, 3.05) is 27.3 Å². The van der Waals surface area contributed by atoms with Gasteiger partial charge in [-0.1, -0.05) is 17.7 Å². The number of aliphatic hydroxyl groups excluding tert-OH is 1. The van der Waals surface area contributed by atoms with Crippen molar-refractivity contribution in [2.24, 2.45) is 4.99 Å². The molecule has 0 aliphatic carbocycles. The van der Waals surface area contributed by atoms with Gasteiger partial charge in [-0.05, 0) is 36.8 Å². The lowest BCUT2D eigenvalue weighted by Gasteiger charge is -2.14. The Morgan fingerprint density at radius 1 is 1.28 bits per heavy atom. The number of benzene rings is 1. The molecule has 0 bridgehead atoms. The van der Waals surface area contributed by atoms with Crippen LogP contribution in [0.15, 0.2) is 35.3 Å². The Morgan fingerprint density at radius 3 is 2.62 bits per heavy atom. The molecule has 1 unspecified atom stereocenters. The number of hydrogen-bond donors (Lipinski definition) is 3. The van der Waals surface area contributed by atoms with Gasteiger partial charge >= 0.3 is 5.97 Å². The summed E-state index contributed by atoms with van der Waals surface area (Å²) in [5.41, 5.74) is 1.17. The van der Waals surface area contributed by atoms with E-state index < -0.39 is 12.1 Å². The van der Waals surface area contributed by atoms with Crippen LogP contribution in [0.2, 0.25) is 4.34 Å². The van der Waals surface area contributed by atoms with E-state index in [9.17, 15) is 9.90 Å². The number of aliphatic imine (C=N–C) groups is 1. The summed E-state index contributed by atoms with van der Waals surface area (Å²) in [4.78, 5) is 17.2. The number of nitrogens with zero attached hydrogens (tertiary/aromatic N) is 1. The van der Waals surface area contributed by atoms with E-state index in [1.165, 1.54) is 25.6 Å². The Bertz CT molecular complexity index is 832. The third kappa shape index (κ3) is 7.65.